The topological polar surface area (TPSA) is 516 Å². The van der Waals surface area contributed by atoms with Crippen LogP contribution in [0, 0.1) is 44.8 Å². The van der Waals surface area contributed by atoms with Gasteiger partial charge < -0.3 is 111 Å². The summed E-state index contributed by atoms with van der Waals surface area (Å²) in [6.45, 7) is 64.7. The van der Waals surface area contributed by atoms with E-state index in [4.69, 9.17) is 45.7 Å². The molecule has 0 saturated heterocycles. The highest BCUT2D eigenvalue weighted by Gasteiger charge is 2.46. The molecule has 144 heavy (non-hydrogen) atoms. The Morgan fingerprint density at radius 3 is 0.854 bits per heavy atom. The first-order valence-corrected chi connectivity index (χ1v) is 49.5. The first-order chi connectivity index (χ1) is 64.4. The van der Waals surface area contributed by atoms with Gasteiger partial charge in [0.1, 0.15) is 28.7 Å². The Hall–Kier alpha value is -8.42. The van der Waals surface area contributed by atoms with Gasteiger partial charge in [-0.3, -0.25) is 47.9 Å². The van der Waals surface area contributed by atoms with Gasteiger partial charge in [0.2, 0.25) is 29.5 Å². The summed E-state index contributed by atoms with van der Waals surface area (Å²) >= 11 is 0. The minimum absolute atomic E-state index is 0. The third-order valence-electron chi connectivity index (χ3n) is 26.9. The second kappa shape index (κ2) is 78.8. The quantitative estimate of drug-likeness (QED) is 0.00886. The first kappa shape index (κ1) is 161. The molecule has 0 aromatic carbocycles. The largest absolute Gasteiger partial charge is 0.481 e. The van der Waals surface area contributed by atoms with Crippen molar-refractivity contribution in [2.24, 2.45) is 56.3 Å². The van der Waals surface area contributed by atoms with Crippen molar-refractivity contribution >= 4 is 130 Å². The molecule has 0 saturated carbocycles. The summed E-state index contributed by atoms with van der Waals surface area (Å²) in [5.74, 6) is -5.47. The summed E-state index contributed by atoms with van der Waals surface area (Å²) in [6.07, 6.45) is 16.4. The van der Waals surface area contributed by atoms with Crippen molar-refractivity contribution in [3.8, 4) is 0 Å². The molecular formula is C105H206B3ClN11O24. The highest BCUT2D eigenvalue weighted by Crippen LogP contribution is 2.35. The van der Waals surface area contributed by atoms with Crippen molar-refractivity contribution in [1.82, 2.24) is 46.1 Å². The van der Waals surface area contributed by atoms with Crippen molar-refractivity contribution in [2.45, 2.75) is 424 Å². The molecule has 0 rings (SSSR count). The molecule has 0 fully saturated rings. The molecule has 0 aliphatic carbocycles. The predicted molar refractivity (Wildman–Crippen MR) is 590 cm³/mol. The molecule has 0 aromatic rings. The van der Waals surface area contributed by atoms with E-state index in [1.807, 2.05) is 187 Å². The van der Waals surface area contributed by atoms with E-state index in [1.165, 1.54) is 43.1 Å². The lowest BCUT2D eigenvalue weighted by molar-refractivity contribution is -0.152. The predicted octanol–water partition coefficient (Wildman–Crippen LogP) is 15.1. The molecule has 0 aliphatic heterocycles. The highest BCUT2D eigenvalue weighted by molar-refractivity contribution is 6.67. The van der Waals surface area contributed by atoms with Crippen molar-refractivity contribution in [3.05, 3.63) is 34.9 Å². The van der Waals surface area contributed by atoms with Crippen molar-refractivity contribution in [1.29, 1.82) is 0 Å². The van der Waals surface area contributed by atoms with Crippen LogP contribution >= 0.6 is 12.4 Å². The SMILES string of the molecule is C.C.C.CCC(CC)(C(=O)OC)N(C)[B]C=O.CCC(CC)(C[B]C=O)C(=O)O.CCC(CC)(C[B]C=O)C(=O)OC.CCC(CC)(NC)C(=O)N[C@H](C(=O)N(C)[C@H](/C=C(\C)C(=O)O)C(C)C)C(C)(C)C.CCC(CC)(NC)C(=O)O.CCC(N)(CC)C(=O)O.CCOC(=O)/C(C)=C/[C@H](C(C)C)N(C)C(=O)[C@@H](N)C(C)(C)C.CCOC(=O)/C(C)=C/[C@H](C(C)C)N(C)C(=O)[C@@H](NC(=O)C(CC)(CC)NC)C(C)(C)C.Cl. The second-order valence-electron chi connectivity index (χ2n) is 39.4. The van der Waals surface area contributed by atoms with Crippen LogP contribution in [0.2, 0.25) is 12.6 Å². The van der Waals surface area contributed by atoms with Crippen LogP contribution in [-0.4, -0.2) is 298 Å². The molecule has 3 radical (unpaired) electrons. The fraction of sp³-hybridized carbons (Fsp3) is 0.790. The van der Waals surface area contributed by atoms with E-state index >= 15 is 0 Å². The van der Waals surface area contributed by atoms with E-state index in [9.17, 15) is 81.8 Å². The average molecular weight is 2070 g/mol. The average Bonchev–Trinajstić information content (AvgIpc) is 0.790. The Labute approximate surface area is 880 Å². The van der Waals surface area contributed by atoms with E-state index in [-0.39, 0.29) is 129 Å². The van der Waals surface area contributed by atoms with E-state index in [1.54, 1.807) is 129 Å². The summed E-state index contributed by atoms with van der Waals surface area (Å²) in [6, 6.07) is -2.96. The highest BCUT2D eigenvalue weighted by atomic mass is 35.5. The zero-order chi connectivity index (χ0) is 112. The minimum atomic E-state index is -1.01. The zero-order valence-electron chi connectivity index (χ0n) is 94.9. The van der Waals surface area contributed by atoms with Crippen LogP contribution in [0.4, 0.5) is 0 Å². The molecular weight excluding hydrogens is 1870 g/mol. The van der Waals surface area contributed by atoms with Crippen molar-refractivity contribution < 1.29 is 116 Å². The van der Waals surface area contributed by atoms with Crippen molar-refractivity contribution in [2.75, 3.05) is 76.8 Å². The number of hydrogen-bond donors (Lipinski definition) is 11. The molecule has 0 heterocycles. The molecule has 6 atom stereocenters. The molecule has 13 N–H and O–H groups in total. The Morgan fingerprint density at radius 1 is 0.389 bits per heavy atom. The van der Waals surface area contributed by atoms with E-state index in [2.05, 4.69) is 26.6 Å². The Balaban J connectivity index is -0.000000143. The lowest BCUT2D eigenvalue weighted by Crippen LogP contribution is -2.62. The van der Waals surface area contributed by atoms with Crippen LogP contribution < -0.4 is 38.1 Å². The molecule has 0 aliphatic rings. The van der Waals surface area contributed by atoms with Crippen LogP contribution in [-0.2, 0) is 95.7 Å². The second-order valence-corrected chi connectivity index (χ2v) is 39.4. The van der Waals surface area contributed by atoms with Crippen LogP contribution in [0.3, 0.4) is 0 Å². The van der Waals surface area contributed by atoms with Crippen LogP contribution in [0.25, 0.3) is 0 Å². The number of esters is 4. The van der Waals surface area contributed by atoms with Gasteiger partial charge in [-0.25, -0.2) is 14.4 Å². The van der Waals surface area contributed by atoms with Crippen LogP contribution in [0.15, 0.2) is 34.9 Å². The van der Waals surface area contributed by atoms with Gasteiger partial charge in [0.25, 0.3) is 7.41 Å². The number of amides is 5. The van der Waals surface area contributed by atoms with Gasteiger partial charge in [-0.2, -0.15) is 0 Å². The Morgan fingerprint density at radius 2 is 0.674 bits per heavy atom. The van der Waals surface area contributed by atoms with Crippen LogP contribution in [0.5, 0.6) is 0 Å². The fourth-order valence-corrected chi connectivity index (χ4v) is 14.8. The molecule has 39 heteroatoms. The van der Waals surface area contributed by atoms with E-state index in [0.29, 0.717) is 139 Å². The normalized spacial score (nSPS) is 13.0. The monoisotopic (exact) mass is 2070 g/mol. The number of halogens is 1. The number of hydrogen-bond acceptors (Lipinski definition) is 26. The number of nitrogens with one attached hydrogen (secondary N) is 5. The number of carbonyl (C=O) groups is 16. The fourth-order valence-electron chi connectivity index (χ4n) is 14.8. The van der Waals surface area contributed by atoms with E-state index in [0.717, 1.165) is 6.19 Å². The van der Waals surface area contributed by atoms with Gasteiger partial charge in [0, 0.05) is 37.9 Å². The van der Waals surface area contributed by atoms with Gasteiger partial charge >= 0.3 is 47.8 Å². The summed E-state index contributed by atoms with van der Waals surface area (Å²) in [4.78, 5) is 193. The van der Waals surface area contributed by atoms with Crippen LogP contribution in [0.1, 0.15) is 348 Å². The third kappa shape index (κ3) is 52.5. The number of ether oxygens (including phenoxy) is 4. The number of likely N-dealkylation sites (N-methyl/N-ethyl adjacent to an activating group) is 7. The summed E-state index contributed by atoms with van der Waals surface area (Å²) in [5.41, 5.74) is 6.21. The van der Waals surface area contributed by atoms with E-state index < -0.39 is 97.4 Å². The van der Waals surface area contributed by atoms with Gasteiger partial charge in [-0.05, 0) is 187 Å². The van der Waals surface area contributed by atoms with Gasteiger partial charge in [0.15, 0.2) is 14.6 Å². The molecule has 0 unspecified atom stereocenters. The summed E-state index contributed by atoms with van der Waals surface area (Å²) in [7, 11) is 19.0. The summed E-state index contributed by atoms with van der Waals surface area (Å²) in [5, 5.41) is 50.5. The molecule has 0 aromatic heterocycles. The number of carboxylic acids is 4. The first-order valence-electron chi connectivity index (χ1n) is 49.5. The molecule has 0 bridgehead atoms. The minimum Gasteiger partial charge on any atom is -0.481 e. The molecule has 841 valence electrons. The maximum absolute atomic E-state index is 13.6. The lowest BCUT2D eigenvalue weighted by atomic mass is 9.62. The van der Waals surface area contributed by atoms with Gasteiger partial charge in [0.05, 0.1) is 92.1 Å². The maximum Gasteiger partial charge on any atom is 0.333 e. The number of carboxylic acid groups (broad SMARTS) is 4. The third-order valence-corrected chi connectivity index (χ3v) is 26.9. The number of rotatable bonds is 52. The zero-order valence-corrected chi connectivity index (χ0v) is 95.7. The standard InChI is InChI=1S/C24H45N3O4.C22H41N3O4.C17H32N2O3.C9H17BNO3.C9H16BO3.C8H14BO3.C7H15NO2.C6H13NO2.3CH4.ClH/c1-12-24(13-2,25-10)22(30)26-19(23(7,8)9)20(28)27(11)18(16(4)5)15-17(6)21(29)31-14-3;1-11-22(12-2,23-9)20(29)24-17(21(6,7)8)18(26)25(10)16(14(3)4)13-15(5)19(27)28;1-9-22-16(21)12(4)10-13(11(2)3)19(8)15(20)14(18)17(5,6)7;1-5-9(6-2,8(13)14-4)11(3)10-7-12;1-4-9(5-2,6-10-7-11)8(12)13-3;1-3-8(4-2,7(11)12)5-9-6-10;1-4-7(5-2,8-3)6(9)10;1-3-6(7,4-2)5(8)9;;;;/h15-16,18-19,25H,12-14H2,1-11H3,(H,26,30);13-14,16-17,23H,11-12H2,1-10H3,(H,24,29)(H,27,28);10-11,13-14H,9,18H2,1-8H3;7H,5-6H2,1-4H3;7H,4-6H2,1-3H3;6H,3-5H2,1-2H3,(H,11,12);8H,4-5H2,1-3H3,(H,9,10);3-4,7H2,1-2H3,(H,8,9);3*1H4;1H/b17-15+;15-13+;12-10+;;;;;;;;;/t18-,19-;16-,17-;13-,14-;;;;;;;;;/m111........./s1. The lowest BCUT2D eigenvalue weighted by Gasteiger charge is -2.39. The Bertz CT molecular complexity index is 3790. The number of carbonyl (C=O) groups excluding carboxylic acids is 12. The number of aliphatic carboxylic acids is 4. The van der Waals surface area contributed by atoms with Gasteiger partial charge in [-0.1, -0.05) is 254 Å². The number of methoxy groups -OCH3 is 2. The van der Waals surface area contributed by atoms with Crippen molar-refractivity contribution in [3.63, 3.8) is 0 Å². The molecule has 0 spiro atoms. The molecule has 35 nitrogen and oxygen atoms in total. The number of nitrogens with zero attached hydrogens (tertiary/aromatic N) is 4. The smallest absolute Gasteiger partial charge is 0.333 e. The Kier molecular flexibility index (Phi) is 88.0. The maximum atomic E-state index is 13.6. The number of nitrogens with two attached hydrogens (primary N) is 2. The molecule has 5 amide bonds. The van der Waals surface area contributed by atoms with Gasteiger partial charge in [-0.15, -0.1) is 12.4 Å². The summed E-state index contributed by atoms with van der Waals surface area (Å²) < 4.78 is 19.5.